The van der Waals surface area contributed by atoms with Gasteiger partial charge in [0.2, 0.25) is 0 Å². The van der Waals surface area contributed by atoms with Crippen LogP contribution in [0.4, 0.5) is 0 Å². The molecule has 1 aromatic rings. The van der Waals surface area contributed by atoms with E-state index in [0.29, 0.717) is 5.92 Å². The van der Waals surface area contributed by atoms with Gasteiger partial charge < -0.3 is 0 Å². The predicted molar refractivity (Wildman–Crippen MR) is 86.8 cm³/mol. The Balaban J connectivity index is 3.14. The van der Waals surface area contributed by atoms with Crippen LogP contribution in [0.5, 0.6) is 0 Å². The Bertz CT molecular complexity index is 410. The molecule has 0 fully saturated rings. The van der Waals surface area contributed by atoms with E-state index in [0.717, 1.165) is 0 Å². The first-order valence-corrected chi connectivity index (χ1v) is 7.51. The molecule has 0 amide bonds. The average molecular weight is 260 g/mol. The molecule has 1 rings (SSSR count). The van der Waals surface area contributed by atoms with Crippen LogP contribution in [0.15, 0.2) is 24.3 Å². The van der Waals surface area contributed by atoms with Gasteiger partial charge in [-0.05, 0) is 33.3 Å². The van der Waals surface area contributed by atoms with Crippen LogP contribution in [0.2, 0.25) is 0 Å². The van der Waals surface area contributed by atoms with Crippen LogP contribution in [0.1, 0.15) is 73.4 Å². The second-order valence-electron chi connectivity index (χ2n) is 8.33. The number of hydrogen-bond acceptors (Lipinski definition) is 0. The van der Waals surface area contributed by atoms with E-state index in [-0.39, 0.29) is 16.2 Å². The molecule has 0 atom stereocenters. The van der Waals surface area contributed by atoms with Gasteiger partial charge in [0.05, 0.1) is 0 Å². The minimum atomic E-state index is 0.188. The molecule has 0 spiro atoms. The summed E-state index contributed by atoms with van der Waals surface area (Å²) < 4.78 is 0. The first-order valence-electron chi connectivity index (χ1n) is 7.51. The summed E-state index contributed by atoms with van der Waals surface area (Å²) in [6.45, 7) is 20.9. The van der Waals surface area contributed by atoms with Crippen LogP contribution in [0.25, 0.3) is 0 Å². The zero-order chi connectivity index (χ0) is 15.1. The van der Waals surface area contributed by atoms with Gasteiger partial charge in [0.1, 0.15) is 0 Å². The van der Waals surface area contributed by atoms with E-state index in [2.05, 4.69) is 86.6 Å². The standard InChI is InChI=1S/C19H32/c1-14(2)18(6,7)15-10-12-16(13-11-15)19(8,9)17(3,4)5/h10-14H,1-9H3. The Labute approximate surface area is 120 Å². The lowest BCUT2D eigenvalue weighted by Crippen LogP contribution is -2.34. The van der Waals surface area contributed by atoms with Crippen molar-refractivity contribution >= 4 is 0 Å². The van der Waals surface area contributed by atoms with Crippen LogP contribution in [-0.2, 0) is 10.8 Å². The smallest absolute Gasteiger partial charge is 0.00551 e. The third-order valence-corrected chi connectivity index (χ3v) is 5.67. The Kier molecular flexibility index (Phi) is 4.25. The summed E-state index contributed by atoms with van der Waals surface area (Å²) in [5.41, 5.74) is 3.57. The second-order valence-corrected chi connectivity index (χ2v) is 8.33. The topological polar surface area (TPSA) is 0 Å². The molecular formula is C19H32. The first kappa shape index (κ1) is 16.3. The molecule has 1 aromatic carbocycles. The van der Waals surface area contributed by atoms with Crippen LogP contribution < -0.4 is 0 Å². The van der Waals surface area contributed by atoms with Gasteiger partial charge in [0.25, 0.3) is 0 Å². The van der Waals surface area contributed by atoms with Crippen molar-refractivity contribution in [3.05, 3.63) is 35.4 Å². The van der Waals surface area contributed by atoms with Crippen LogP contribution >= 0.6 is 0 Å². The van der Waals surface area contributed by atoms with E-state index in [4.69, 9.17) is 0 Å². The normalized spacial score (nSPS) is 14.0. The largest absolute Gasteiger partial charge is 0.0619 e. The van der Waals surface area contributed by atoms with E-state index in [1.54, 1.807) is 0 Å². The quantitative estimate of drug-likeness (QED) is 0.630. The van der Waals surface area contributed by atoms with Crippen molar-refractivity contribution < 1.29 is 0 Å². The third-order valence-electron chi connectivity index (χ3n) is 5.67. The summed E-state index contributed by atoms with van der Waals surface area (Å²) in [6.07, 6.45) is 0. The highest BCUT2D eigenvalue weighted by atomic mass is 14.4. The molecule has 19 heavy (non-hydrogen) atoms. The Morgan fingerprint density at radius 1 is 0.684 bits per heavy atom. The zero-order valence-electron chi connectivity index (χ0n) is 14.4. The monoisotopic (exact) mass is 260 g/mol. The van der Waals surface area contributed by atoms with E-state index < -0.39 is 0 Å². The highest BCUT2D eigenvalue weighted by Crippen LogP contribution is 2.41. The van der Waals surface area contributed by atoms with E-state index in [1.807, 2.05) is 0 Å². The minimum Gasteiger partial charge on any atom is -0.0619 e. The summed E-state index contributed by atoms with van der Waals surface area (Å²) in [6, 6.07) is 9.29. The SMILES string of the molecule is CC(C)C(C)(C)c1ccc(C(C)(C)C(C)(C)C)cc1. The van der Waals surface area contributed by atoms with Gasteiger partial charge in [-0.25, -0.2) is 0 Å². The Morgan fingerprint density at radius 3 is 1.37 bits per heavy atom. The fourth-order valence-corrected chi connectivity index (χ4v) is 2.08. The molecule has 0 aromatic heterocycles. The Morgan fingerprint density at radius 2 is 1.05 bits per heavy atom. The van der Waals surface area contributed by atoms with Crippen molar-refractivity contribution in [2.45, 2.75) is 73.1 Å². The first-order chi connectivity index (χ1) is 8.40. The van der Waals surface area contributed by atoms with Gasteiger partial charge in [-0.2, -0.15) is 0 Å². The van der Waals surface area contributed by atoms with Gasteiger partial charge in [0, 0.05) is 0 Å². The van der Waals surface area contributed by atoms with E-state index >= 15 is 0 Å². The zero-order valence-corrected chi connectivity index (χ0v) is 14.4. The molecule has 0 aliphatic heterocycles. The molecule has 0 N–H and O–H groups in total. The number of benzene rings is 1. The lowest BCUT2D eigenvalue weighted by Gasteiger charge is -2.40. The minimum absolute atomic E-state index is 0.188. The number of hydrogen-bond donors (Lipinski definition) is 0. The van der Waals surface area contributed by atoms with Gasteiger partial charge >= 0.3 is 0 Å². The fraction of sp³-hybridized carbons (Fsp3) is 0.684. The predicted octanol–water partition coefficient (Wildman–Crippen LogP) is 5.94. The lowest BCUT2D eigenvalue weighted by molar-refractivity contribution is 0.225. The summed E-state index contributed by atoms with van der Waals surface area (Å²) in [5, 5.41) is 0. The van der Waals surface area contributed by atoms with Gasteiger partial charge in [-0.3, -0.25) is 0 Å². The summed E-state index contributed by atoms with van der Waals surface area (Å²) in [4.78, 5) is 0. The van der Waals surface area contributed by atoms with Gasteiger partial charge in [-0.1, -0.05) is 86.6 Å². The van der Waals surface area contributed by atoms with Crippen LogP contribution in [-0.4, -0.2) is 0 Å². The summed E-state index contributed by atoms with van der Waals surface area (Å²) in [5.74, 6) is 0.647. The van der Waals surface area contributed by atoms with E-state index in [1.165, 1.54) is 11.1 Å². The molecule has 0 heteroatoms. The molecule has 0 heterocycles. The summed E-state index contributed by atoms with van der Waals surface area (Å²) >= 11 is 0. The van der Waals surface area contributed by atoms with Crippen molar-refractivity contribution in [2.24, 2.45) is 11.3 Å². The second kappa shape index (κ2) is 4.96. The van der Waals surface area contributed by atoms with Crippen molar-refractivity contribution in [1.82, 2.24) is 0 Å². The molecule has 0 radical (unpaired) electrons. The highest BCUT2D eigenvalue weighted by molar-refractivity contribution is 5.33. The Hall–Kier alpha value is -0.780. The molecule has 0 unspecified atom stereocenters. The summed E-state index contributed by atoms with van der Waals surface area (Å²) in [7, 11) is 0. The molecular weight excluding hydrogens is 228 g/mol. The fourth-order valence-electron chi connectivity index (χ4n) is 2.08. The molecule has 108 valence electrons. The highest BCUT2D eigenvalue weighted by Gasteiger charge is 2.34. The van der Waals surface area contributed by atoms with Crippen molar-refractivity contribution in [1.29, 1.82) is 0 Å². The maximum atomic E-state index is 2.34. The van der Waals surface area contributed by atoms with Crippen LogP contribution in [0, 0.1) is 11.3 Å². The van der Waals surface area contributed by atoms with Crippen molar-refractivity contribution in [3.63, 3.8) is 0 Å². The average Bonchev–Trinajstić information content (AvgIpc) is 2.27. The third kappa shape index (κ3) is 3.04. The van der Waals surface area contributed by atoms with Crippen molar-refractivity contribution in [2.75, 3.05) is 0 Å². The van der Waals surface area contributed by atoms with Gasteiger partial charge in [0.15, 0.2) is 0 Å². The van der Waals surface area contributed by atoms with Crippen LogP contribution in [0.3, 0.4) is 0 Å². The maximum absolute atomic E-state index is 2.34. The molecule has 0 saturated carbocycles. The molecule has 0 saturated heterocycles. The maximum Gasteiger partial charge on any atom is -0.00551 e. The molecule has 0 aliphatic carbocycles. The lowest BCUT2D eigenvalue weighted by atomic mass is 9.65. The molecule has 0 bridgehead atoms. The van der Waals surface area contributed by atoms with Gasteiger partial charge in [-0.15, -0.1) is 0 Å². The number of rotatable bonds is 3. The van der Waals surface area contributed by atoms with Crippen molar-refractivity contribution in [3.8, 4) is 0 Å². The molecule has 0 nitrogen and oxygen atoms in total. The molecule has 0 aliphatic rings. The van der Waals surface area contributed by atoms with E-state index in [9.17, 15) is 0 Å².